The third-order valence-corrected chi connectivity index (χ3v) is 5.31. The van der Waals surface area contributed by atoms with Crippen LogP contribution in [0, 0.1) is 6.92 Å². The normalized spacial score (nSPS) is 21.7. The third-order valence-electron chi connectivity index (χ3n) is 4.91. The number of likely N-dealkylation sites (N-methyl/N-ethyl adjacent to an activating group) is 1. The molecule has 3 nitrogen and oxygen atoms in total. The van der Waals surface area contributed by atoms with Crippen LogP contribution in [0.25, 0.3) is 0 Å². The molecule has 1 saturated heterocycles. The fourth-order valence-electron chi connectivity index (χ4n) is 3.19. The Bertz CT molecular complexity index is 496. The van der Waals surface area contributed by atoms with Gasteiger partial charge in [0.15, 0.2) is 0 Å². The van der Waals surface area contributed by atoms with Crippen LogP contribution in [-0.2, 0) is 0 Å². The summed E-state index contributed by atoms with van der Waals surface area (Å²) in [4.78, 5) is 3.44. The van der Waals surface area contributed by atoms with Gasteiger partial charge in [0.05, 0.1) is 20.2 Å². The first kappa shape index (κ1) is 18.6. The predicted octanol–water partition coefficient (Wildman–Crippen LogP) is 1.34. The van der Waals surface area contributed by atoms with Crippen LogP contribution in [0.1, 0.15) is 43.7 Å². The van der Waals surface area contributed by atoms with Crippen LogP contribution >= 0.6 is 11.6 Å². The lowest BCUT2D eigenvalue weighted by atomic mass is 10.0. The van der Waals surface area contributed by atoms with Crippen molar-refractivity contribution in [1.29, 1.82) is 0 Å². The zero-order valence-corrected chi connectivity index (χ0v) is 15.9. The van der Waals surface area contributed by atoms with Crippen LogP contribution in [0.3, 0.4) is 0 Å². The lowest BCUT2D eigenvalue weighted by Crippen LogP contribution is -3.27. The standard InChI is InChI=1S/C19H31ClN2O/c1-15(2)17-14-18(20)16(3)13-19(17)23-12-6-5-7-22-10-8-21(4)9-11-22/h13-15H,5-12H2,1-4H3/p+2. The van der Waals surface area contributed by atoms with E-state index < -0.39 is 0 Å². The highest BCUT2D eigenvalue weighted by Gasteiger charge is 2.19. The zero-order chi connectivity index (χ0) is 16.8. The Hall–Kier alpha value is -0.770. The van der Waals surface area contributed by atoms with Crippen LogP contribution in [0.15, 0.2) is 12.1 Å². The lowest BCUT2D eigenvalue weighted by molar-refractivity contribution is -1.00. The maximum Gasteiger partial charge on any atom is 0.127 e. The number of aryl methyl sites for hydroxylation is 1. The first-order valence-electron chi connectivity index (χ1n) is 9.05. The fraction of sp³-hybridized carbons (Fsp3) is 0.684. The van der Waals surface area contributed by atoms with Crippen molar-refractivity contribution in [2.45, 2.75) is 39.5 Å². The molecule has 1 aliphatic heterocycles. The Morgan fingerprint density at radius 1 is 1.13 bits per heavy atom. The maximum atomic E-state index is 6.25. The monoisotopic (exact) mass is 340 g/mol. The second-order valence-corrected chi connectivity index (χ2v) is 7.71. The molecule has 1 fully saturated rings. The van der Waals surface area contributed by atoms with Gasteiger partial charge in [-0.15, -0.1) is 0 Å². The topological polar surface area (TPSA) is 18.1 Å². The van der Waals surface area contributed by atoms with Crippen LogP contribution < -0.4 is 14.5 Å². The van der Waals surface area contributed by atoms with Gasteiger partial charge < -0.3 is 14.5 Å². The van der Waals surface area contributed by atoms with Gasteiger partial charge in [0.1, 0.15) is 31.9 Å². The van der Waals surface area contributed by atoms with Gasteiger partial charge >= 0.3 is 0 Å². The molecule has 0 bridgehead atoms. The van der Waals surface area contributed by atoms with E-state index in [1.807, 2.05) is 6.92 Å². The van der Waals surface area contributed by atoms with E-state index in [0.717, 1.165) is 29.4 Å². The summed E-state index contributed by atoms with van der Waals surface area (Å²) in [7, 11) is 2.30. The minimum absolute atomic E-state index is 0.431. The number of ether oxygens (including phenoxy) is 1. The van der Waals surface area contributed by atoms with Gasteiger partial charge in [0.2, 0.25) is 0 Å². The minimum atomic E-state index is 0.431. The molecule has 2 N–H and O–H groups in total. The Morgan fingerprint density at radius 3 is 2.48 bits per heavy atom. The molecule has 1 aliphatic rings. The Morgan fingerprint density at radius 2 is 1.83 bits per heavy atom. The number of hydrogen-bond donors (Lipinski definition) is 2. The maximum absolute atomic E-state index is 6.25. The van der Waals surface area contributed by atoms with Gasteiger partial charge in [0, 0.05) is 5.02 Å². The summed E-state index contributed by atoms with van der Waals surface area (Å²) in [5.41, 5.74) is 2.31. The fourth-order valence-corrected chi connectivity index (χ4v) is 3.36. The number of rotatable bonds is 7. The van der Waals surface area contributed by atoms with E-state index in [1.165, 1.54) is 44.7 Å². The molecule has 4 heteroatoms. The van der Waals surface area contributed by atoms with Crippen LogP contribution in [0.4, 0.5) is 0 Å². The molecule has 0 amide bonds. The van der Waals surface area contributed by atoms with E-state index in [1.54, 1.807) is 9.80 Å². The molecule has 0 saturated carbocycles. The van der Waals surface area contributed by atoms with Gasteiger partial charge in [0.25, 0.3) is 0 Å². The largest absolute Gasteiger partial charge is 0.493 e. The molecule has 0 aromatic heterocycles. The molecular weight excluding hydrogens is 308 g/mol. The van der Waals surface area contributed by atoms with Gasteiger partial charge in [-0.25, -0.2) is 0 Å². The van der Waals surface area contributed by atoms with Crippen molar-refractivity contribution in [3.05, 3.63) is 28.3 Å². The highest BCUT2D eigenvalue weighted by molar-refractivity contribution is 6.31. The summed E-state index contributed by atoms with van der Waals surface area (Å²) < 4.78 is 6.07. The van der Waals surface area contributed by atoms with Crippen molar-refractivity contribution in [3.8, 4) is 5.75 Å². The highest BCUT2D eigenvalue weighted by Crippen LogP contribution is 2.32. The molecule has 1 aromatic carbocycles. The van der Waals surface area contributed by atoms with Crippen molar-refractivity contribution in [2.24, 2.45) is 0 Å². The summed E-state index contributed by atoms with van der Waals surface area (Å²) in [5, 5.41) is 0.835. The number of unbranched alkanes of at least 4 members (excludes halogenated alkanes) is 1. The molecule has 0 atom stereocenters. The second-order valence-electron chi connectivity index (χ2n) is 7.31. The quantitative estimate of drug-likeness (QED) is 0.717. The first-order chi connectivity index (χ1) is 11.0. The van der Waals surface area contributed by atoms with E-state index >= 15 is 0 Å². The second kappa shape index (κ2) is 8.91. The van der Waals surface area contributed by atoms with Crippen molar-refractivity contribution < 1.29 is 14.5 Å². The van der Waals surface area contributed by atoms with E-state index in [9.17, 15) is 0 Å². The van der Waals surface area contributed by atoms with Crippen LogP contribution in [0.2, 0.25) is 5.02 Å². The average molecular weight is 341 g/mol. The number of benzene rings is 1. The molecule has 1 aromatic rings. The molecule has 130 valence electrons. The number of hydrogen-bond acceptors (Lipinski definition) is 1. The minimum Gasteiger partial charge on any atom is -0.493 e. The molecule has 0 radical (unpaired) electrons. The molecule has 0 aliphatic carbocycles. The van der Waals surface area contributed by atoms with Crippen LogP contribution in [-0.4, -0.2) is 46.4 Å². The van der Waals surface area contributed by atoms with Crippen molar-refractivity contribution >= 4 is 11.6 Å². The predicted molar refractivity (Wildman–Crippen MR) is 97.2 cm³/mol. The number of piperazine rings is 1. The van der Waals surface area contributed by atoms with Gasteiger partial charge in [-0.1, -0.05) is 25.4 Å². The van der Waals surface area contributed by atoms with Gasteiger partial charge in [-0.3, -0.25) is 0 Å². The highest BCUT2D eigenvalue weighted by atomic mass is 35.5. The van der Waals surface area contributed by atoms with Gasteiger partial charge in [-0.2, -0.15) is 0 Å². The smallest absolute Gasteiger partial charge is 0.127 e. The summed E-state index contributed by atoms with van der Waals surface area (Å²) in [6, 6.07) is 4.15. The summed E-state index contributed by atoms with van der Waals surface area (Å²) in [5.74, 6) is 1.44. The van der Waals surface area contributed by atoms with E-state index in [4.69, 9.17) is 16.3 Å². The van der Waals surface area contributed by atoms with E-state index in [2.05, 4.69) is 33.0 Å². The zero-order valence-electron chi connectivity index (χ0n) is 15.2. The summed E-state index contributed by atoms with van der Waals surface area (Å²) in [6.45, 7) is 13.8. The molecule has 2 rings (SSSR count). The van der Waals surface area contributed by atoms with Gasteiger partial charge in [-0.05, 0) is 48.9 Å². The summed E-state index contributed by atoms with van der Waals surface area (Å²) in [6.07, 6.45) is 2.38. The van der Waals surface area contributed by atoms with Crippen molar-refractivity contribution in [2.75, 3.05) is 46.4 Å². The first-order valence-corrected chi connectivity index (χ1v) is 9.43. The Kier molecular flexibility index (Phi) is 7.19. The van der Waals surface area contributed by atoms with E-state index in [0.29, 0.717) is 5.92 Å². The van der Waals surface area contributed by atoms with E-state index in [-0.39, 0.29) is 0 Å². The van der Waals surface area contributed by atoms with Crippen molar-refractivity contribution in [3.63, 3.8) is 0 Å². The van der Waals surface area contributed by atoms with Crippen LogP contribution in [0.5, 0.6) is 5.75 Å². The molecule has 1 heterocycles. The summed E-state index contributed by atoms with van der Waals surface area (Å²) >= 11 is 6.25. The molecule has 0 unspecified atom stereocenters. The SMILES string of the molecule is Cc1cc(OCCCC[NH+]2CC[NH+](C)CC2)c(C(C)C)cc1Cl. The number of quaternary nitrogens is 2. The number of nitrogens with one attached hydrogen (secondary N) is 2. The molecule has 0 spiro atoms. The third kappa shape index (κ3) is 5.66. The Labute approximate surface area is 146 Å². The van der Waals surface area contributed by atoms with Crippen molar-refractivity contribution in [1.82, 2.24) is 0 Å². The molecule has 23 heavy (non-hydrogen) atoms. The average Bonchev–Trinajstić information content (AvgIpc) is 2.51. The lowest BCUT2D eigenvalue weighted by Gasteiger charge is -2.27. The number of halogens is 1. The molecular formula is C19H33ClN2O+2. The Balaban J connectivity index is 1.75.